The number of aromatic nitrogens is 3. The van der Waals surface area contributed by atoms with E-state index < -0.39 is 22.4 Å². The van der Waals surface area contributed by atoms with Crippen molar-refractivity contribution in [1.82, 2.24) is 15.0 Å². The normalized spacial score (nSPS) is 21.8. The van der Waals surface area contributed by atoms with Crippen molar-refractivity contribution in [2.45, 2.75) is 103 Å². The van der Waals surface area contributed by atoms with Gasteiger partial charge in [-0.2, -0.15) is 0 Å². The predicted octanol–water partition coefficient (Wildman–Crippen LogP) is 13.8. The third-order valence-corrected chi connectivity index (χ3v) is 23.8. The summed E-state index contributed by atoms with van der Waals surface area (Å²) >= 11 is 3.25. The first-order valence-corrected chi connectivity index (χ1v) is 37.3. The van der Waals surface area contributed by atoms with Gasteiger partial charge < -0.3 is 55.8 Å². The Bertz CT molecular complexity index is 5860. The molecular formula is C83H75N13O9S2. The van der Waals surface area contributed by atoms with Gasteiger partial charge in [-0.1, -0.05) is 11.6 Å². The molecule has 107 heavy (non-hydrogen) atoms. The Labute approximate surface area is 623 Å². The van der Waals surface area contributed by atoms with Gasteiger partial charge in [-0.25, -0.2) is 34.9 Å². The van der Waals surface area contributed by atoms with Crippen LogP contribution in [0.15, 0.2) is 165 Å². The number of thiophene rings is 1. The van der Waals surface area contributed by atoms with E-state index in [9.17, 15) is 39.6 Å². The molecule has 4 saturated heterocycles. The van der Waals surface area contributed by atoms with Gasteiger partial charge in [0, 0.05) is 115 Å². The van der Waals surface area contributed by atoms with Crippen molar-refractivity contribution in [2.24, 2.45) is 20.0 Å². The van der Waals surface area contributed by atoms with Gasteiger partial charge in [0.1, 0.15) is 46.3 Å². The van der Waals surface area contributed by atoms with E-state index in [1.165, 1.54) is 0 Å². The van der Waals surface area contributed by atoms with Crippen LogP contribution in [-0.2, 0) is 0 Å². The number of thiazole rings is 1. The summed E-state index contributed by atoms with van der Waals surface area (Å²) in [7, 11) is 0. The minimum Gasteiger partial charge on any atom is -0.490 e. The van der Waals surface area contributed by atoms with Gasteiger partial charge in [0.2, 0.25) is 23.1 Å². The lowest BCUT2D eigenvalue weighted by atomic mass is 9.86. The molecule has 4 atom stereocenters. The zero-order valence-electron chi connectivity index (χ0n) is 60.1. The molecule has 0 unspecified atom stereocenters. The Hall–Kier alpha value is -11.3. The number of aliphatic imine (C=N–C) groups is 4. The summed E-state index contributed by atoms with van der Waals surface area (Å²) in [5, 5.41) is 53.0. The molecule has 9 aliphatic rings. The highest BCUT2D eigenvalue weighted by molar-refractivity contribution is 7.18. The molecule has 0 amide bonds. The van der Waals surface area contributed by atoms with Gasteiger partial charge in [0.05, 0.1) is 61.1 Å². The molecule has 0 radical (unpaired) electrons. The van der Waals surface area contributed by atoms with E-state index in [-0.39, 0.29) is 23.1 Å². The SMILES string of the molecule is Cc1cc2c(cc1C)C(=O)[C@]1(O)CCN(c3ccc4c(c3)OCCN4)C1=N2.Cc1cc2c(cc1C)C(=O)[C@]1(O)CCN(c3cnc4sccc4c3)C1=N2.Cc1ccc2c(c1)C(=O)[C@]1(O)CCN(c3ccc4nc(N)ccc4c3)C1=N2.Cc1nc2cc(N3CC[C@@]4(O)C(=O)c5cc(C)c(C)cc5N=C34)ccc2s1. The fraction of sp³-hybridized carbons (Fsp3) is 0.265. The van der Waals surface area contributed by atoms with Gasteiger partial charge in [-0.3, -0.25) is 19.2 Å². The van der Waals surface area contributed by atoms with Crippen LogP contribution in [0.4, 0.5) is 57.0 Å². The van der Waals surface area contributed by atoms with Crippen molar-refractivity contribution in [1.29, 1.82) is 0 Å². The third-order valence-electron chi connectivity index (χ3n) is 22.0. The first-order valence-electron chi connectivity index (χ1n) is 35.6. The second kappa shape index (κ2) is 25.5. The number of rotatable bonds is 4. The van der Waals surface area contributed by atoms with Crippen molar-refractivity contribution in [3.63, 3.8) is 0 Å². The lowest BCUT2D eigenvalue weighted by Gasteiger charge is -2.30. The van der Waals surface area contributed by atoms with Crippen molar-refractivity contribution in [2.75, 3.05) is 70.0 Å². The number of nitrogens with one attached hydrogen (secondary N) is 1. The second-order valence-corrected chi connectivity index (χ2v) is 31.1. The number of ketones is 4. The number of benzene rings is 7. The highest BCUT2D eigenvalue weighted by Crippen LogP contribution is 2.47. The van der Waals surface area contributed by atoms with Crippen LogP contribution >= 0.6 is 22.7 Å². The molecular weight excluding hydrogens is 1390 g/mol. The van der Waals surface area contributed by atoms with Gasteiger partial charge in [0.25, 0.3) is 0 Å². The number of pyridine rings is 2. The minimum atomic E-state index is -1.57. The minimum absolute atomic E-state index is 0.251. The molecule has 7 N–H and O–H groups in total. The van der Waals surface area contributed by atoms with E-state index in [0.717, 1.165) is 116 Å². The van der Waals surface area contributed by atoms with Crippen LogP contribution in [0.3, 0.4) is 0 Å². The number of fused-ring (bicyclic) bond motifs is 12. The molecule has 538 valence electrons. The molecule has 20 rings (SSSR count). The largest absolute Gasteiger partial charge is 0.490 e. The number of hydrogen-bond acceptors (Lipinski definition) is 24. The Morgan fingerprint density at radius 1 is 0.458 bits per heavy atom. The zero-order valence-corrected chi connectivity index (χ0v) is 61.7. The third kappa shape index (κ3) is 11.4. The van der Waals surface area contributed by atoms with E-state index in [4.69, 9.17) is 25.4 Å². The van der Waals surface area contributed by atoms with Crippen molar-refractivity contribution in [3.8, 4) is 5.75 Å². The van der Waals surface area contributed by atoms with Gasteiger partial charge in [-0.15, -0.1) is 22.7 Å². The molecule has 4 fully saturated rings. The summed E-state index contributed by atoms with van der Waals surface area (Å²) in [5.41, 5.74) is 17.5. The first-order chi connectivity index (χ1) is 51.3. The van der Waals surface area contributed by atoms with Crippen LogP contribution in [0, 0.1) is 55.4 Å². The number of carbonyl (C=O) groups excluding carboxylic acids is 4. The van der Waals surface area contributed by atoms with E-state index >= 15 is 0 Å². The lowest BCUT2D eigenvalue weighted by Crippen LogP contribution is -2.48. The van der Waals surface area contributed by atoms with E-state index in [1.54, 1.807) is 41.0 Å². The molecule has 11 aromatic rings. The van der Waals surface area contributed by atoms with Crippen LogP contribution in [0.2, 0.25) is 0 Å². The Morgan fingerprint density at radius 3 is 1.48 bits per heavy atom. The fourth-order valence-electron chi connectivity index (χ4n) is 15.6. The summed E-state index contributed by atoms with van der Waals surface area (Å²) in [6, 6.07) is 42.3. The predicted molar refractivity (Wildman–Crippen MR) is 423 cm³/mol. The van der Waals surface area contributed by atoms with Crippen LogP contribution in [0.25, 0.3) is 31.3 Å². The average Bonchev–Trinajstić information content (AvgIpc) is 1.63. The maximum absolute atomic E-state index is 13.1. The summed E-state index contributed by atoms with van der Waals surface area (Å²) < 4.78 is 6.86. The molecule has 0 aliphatic carbocycles. The smallest absolute Gasteiger partial charge is 0.204 e. The van der Waals surface area contributed by atoms with E-state index in [2.05, 4.69) is 25.3 Å². The Kier molecular flexibility index (Phi) is 16.4. The molecule has 4 aromatic heterocycles. The highest BCUT2D eigenvalue weighted by Gasteiger charge is 2.56. The number of nitrogens with two attached hydrogens (primary N) is 1. The molecule has 22 nitrogen and oxygen atoms in total. The van der Waals surface area contributed by atoms with Crippen molar-refractivity contribution >= 4 is 157 Å². The number of hydrogen-bond donors (Lipinski definition) is 6. The fourth-order valence-corrected chi connectivity index (χ4v) is 17.1. The van der Waals surface area contributed by atoms with Gasteiger partial charge in [-0.05, 0) is 215 Å². The van der Waals surface area contributed by atoms with E-state index in [1.807, 2.05) is 202 Å². The van der Waals surface area contributed by atoms with Crippen LogP contribution in [0.1, 0.15) is 111 Å². The summed E-state index contributed by atoms with van der Waals surface area (Å²) in [6.45, 7) is 19.3. The number of nitrogens with zero attached hydrogens (tertiary/aromatic N) is 11. The van der Waals surface area contributed by atoms with Gasteiger partial charge >= 0.3 is 0 Å². The molecule has 0 bridgehead atoms. The number of Topliss-reactive ketones (excluding diaryl/α,β-unsaturated/α-hetero) is 4. The monoisotopic (exact) mass is 1460 g/mol. The first kappa shape index (κ1) is 68.8. The summed E-state index contributed by atoms with van der Waals surface area (Å²) in [4.78, 5) is 93.1. The van der Waals surface area contributed by atoms with Crippen LogP contribution in [0.5, 0.6) is 5.75 Å². The standard InChI is InChI=1S/C21H18N4O2.C21H21N3O3.C21H19N3O2S.C20H17N3O2S/c1-12-2-5-17-15(10-12)19(26)21(27)8-9-25(20(21)24-17)14-4-6-16-13(11-14)3-7-18(22)23-16;1-12-9-15-17(10-13(12)2)23-20-21(26,19(15)25)5-7-24(20)14-3-4-16-18(11-14)27-8-6-22-16;1-11-8-15-16(9-12(11)2)23-20-21(26,19(15)25)6-7-24(20)14-4-5-18-17(10-14)22-13(3)27-18;1-11-7-15-16(8-12(11)2)22-19-20(25,17(15)24)4-5-23(19)14-9-13-3-6-26-18(13)21-10-14/h2-7,10-11,27H,8-9H2,1H3,(H2,22,23);3-4,9-11,22,26H,5-8H2,1-2H3;4-5,8-10,26H,6-7H2,1-3H3;3,6-10,25H,4-5H2,1-2H3/t3*21-;20-/m1111/s1. The van der Waals surface area contributed by atoms with Gasteiger partial charge in [0.15, 0.2) is 22.4 Å². The summed E-state index contributed by atoms with van der Waals surface area (Å²) in [6.07, 6.45) is 3.10. The Balaban J connectivity index is 0.000000105. The number of anilines is 6. The zero-order chi connectivity index (χ0) is 74.5. The number of nitrogen functional groups attached to an aromatic ring is 1. The maximum Gasteiger partial charge on any atom is 0.204 e. The molecule has 0 saturated carbocycles. The number of aliphatic hydroxyl groups is 4. The molecule has 13 heterocycles. The second-order valence-electron chi connectivity index (χ2n) is 28.9. The topological polar surface area (TPSA) is 298 Å². The highest BCUT2D eigenvalue weighted by atomic mass is 32.1. The van der Waals surface area contributed by atoms with Crippen molar-refractivity contribution in [3.05, 3.63) is 211 Å². The van der Waals surface area contributed by atoms with E-state index in [0.29, 0.717) is 133 Å². The molecule has 0 spiro atoms. The molecule has 24 heteroatoms. The number of ether oxygens (including phenoxy) is 1. The van der Waals surface area contributed by atoms with Crippen LogP contribution < -0.4 is 35.4 Å². The number of aryl methyl sites for hydroxylation is 8. The molecule has 9 aliphatic heterocycles. The maximum atomic E-state index is 13.1. The van der Waals surface area contributed by atoms with Crippen LogP contribution in [-0.4, -0.2) is 144 Å². The lowest BCUT2D eigenvalue weighted by molar-refractivity contribution is 0.0600. The average molecular weight is 1460 g/mol. The number of carbonyl (C=O) groups is 4. The Morgan fingerprint density at radius 2 is 0.925 bits per heavy atom. The molecule has 7 aromatic carbocycles. The number of amidine groups is 4. The van der Waals surface area contributed by atoms with Crippen molar-refractivity contribution < 1.29 is 44.3 Å². The summed E-state index contributed by atoms with van der Waals surface area (Å²) in [5.74, 6) is 1.85. The quantitative estimate of drug-likeness (QED) is 0.0954.